The van der Waals surface area contributed by atoms with E-state index in [2.05, 4.69) is 0 Å². The van der Waals surface area contributed by atoms with Crippen LogP contribution in [0.25, 0.3) is 0 Å². The van der Waals surface area contributed by atoms with Gasteiger partial charge in [0.25, 0.3) is 0 Å². The third-order valence-corrected chi connectivity index (χ3v) is 3.05. The molecule has 16 heavy (non-hydrogen) atoms. The van der Waals surface area contributed by atoms with Gasteiger partial charge in [0.2, 0.25) is 0 Å². The van der Waals surface area contributed by atoms with Crippen LogP contribution in [-0.2, 0) is 0 Å². The van der Waals surface area contributed by atoms with Crippen LogP contribution in [0.3, 0.4) is 0 Å². The lowest BCUT2D eigenvalue weighted by atomic mass is 10.1. The van der Waals surface area contributed by atoms with Crippen LogP contribution in [0.4, 0.5) is 0 Å². The fraction of sp³-hybridized carbons (Fsp3) is 0.538. The molecule has 1 aliphatic rings. The van der Waals surface area contributed by atoms with Crippen molar-refractivity contribution >= 4 is 0 Å². The van der Waals surface area contributed by atoms with E-state index in [1.54, 1.807) is 6.92 Å². The molecule has 1 saturated carbocycles. The minimum Gasteiger partial charge on any atom is -0.488 e. The Hall–Kier alpha value is -1.06. The third kappa shape index (κ3) is 2.54. The fourth-order valence-electron chi connectivity index (χ4n) is 2.07. The summed E-state index contributed by atoms with van der Waals surface area (Å²) >= 11 is 0. The van der Waals surface area contributed by atoms with Crippen LogP contribution >= 0.6 is 0 Å². The minimum atomic E-state index is -0.489. The molecule has 3 nitrogen and oxygen atoms in total. The van der Waals surface area contributed by atoms with Gasteiger partial charge in [-0.2, -0.15) is 0 Å². The lowest BCUT2D eigenvalue weighted by Crippen LogP contribution is -2.25. The van der Waals surface area contributed by atoms with Crippen molar-refractivity contribution < 1.29 is 14.9 Å². The predicted molar refractivity (Wildman–Crippen MR) is 61.3 cm³/mol. The van der Waals surface area contributed by atoms with E-state index in [9.17, 15) is 10.2 Å². The Morgan fingerprint density at radius 2 is 2.19 bits per heavy atom. The molecule has 0 bridgehead atoms. The van der Waals surface area contributed by atoms with E-state index in [0.717, 1.165) is 30.6 Å². The van der Waals surface area contributed by atoms with Gasteiger partial charge < -0.3 is 14.9 Å². The highest BCUT2D eigenvalue weighted by Crippen LogP contribution is 2.26. The van der Waals surface area contributed by atoms with E-state index < -0.39 is 6.10 Å². The molecule has 0 aromatic heterocycles. The van der Waals surface area contributed by atoms with Crippen LogP contribution in [0, 0.1) is 0 Å². The summed E-state index contributed by atoms with van der Waals surface area (Å²) < 4.78 is 5.72. The first kappa shape index (κ1) is 11.4. The highest BCUT2D eigenvalue weighted by molar-refractivity contribution is 5.29. The Bertz CT molecular complexity index is 349. The van der Waals surface area contributed by atoms with Gasteiger partial charge >= 0.3 is 0 Å². The number of ether oxygens (including phenoxy) is 1. The molecule has 1 aliphatic carbocycles. The van der Waals surface area contributed by atoms with Gasteiger partial charge in [-0.05, 0) is 43.9 Å². The maximum absolute atomic E-state index is 9.65. The van der Waals surface area contributed by atoms with Gasteiger partial charge in [-0.25, -0.2) is 0 Å². The molecule has 2 rings (SSSR count). The number of aliphatic hydroxyl groups is 2. The zero-order valence-electron chi connectivity index (χ0n) is 9.47. The number of aliphatic hydroxyl groups excluding tert-OH is 2. The van der Waals surface area contributed by atoms with Crippen molar-refractivity contribution in [3.63, 3.8) is 0 Å². The number of rotatable bonds is 3. The lowest BCUT2D eigenvalue weighted by molar-refractivity contribution is 0.0602. The summed E-state index contributed by atoms with van der Waals surface area (Å²) in [6.45, 7) is 1.73. The van der Waals surface area contributed by atoms with Crippen molar-refractivity contribution in [3.8, 4) is 5.75 Å². The van der Waals surface area contributed by atoms with Gasteiger partial charge in [-0.3, -0.25) is 0 Å². The zero-order valence-corrected chi connectivity index (χ0v) is 9.47. The van der Waals surface area contributed by atoms with E-state index in [4.69, 9.17) is 4.74 Å². The Morgan fingerprint density at radius 3 is 2.81 bits per heavy atom. The SMILES string of the molecule is C[C@@H](O)c1cccc(OC2CCCC2O)c1. The van der Waals surface area contributed by atoms with Crippen LogP contribution in [-0.4, -0.2) is 22.4 Å². The number of hydrogen-bond donors (Lipinski definition) is 2. The second kappa shape index (κ2) is 4.85. The van der Waals surface area contributed by atoms with Gasteiger partial charge in [-0.15, -0.1) is 0 Å². The summed E-state index contributed by atoms with van der Waals surface area (Å²) in [4.78, 5) is 0. The zero-order chi connectivity index (χ0) is 11.5. The fourth-order valence-corrected chi connectivity index (χ4v) is 2.07. The molecule has 3 heteroatoms. The van der Waals surface area contributed by atoms with E-state index in [1.807, 2.05) is 24.3 Å². The van der Waals surface area contributed by atoms with Crippen LogP contribution in [0.5, 0.6) is 5.75 Å². The van der Waals surface area contributed by atoms with Gasteiger partial charge in [0.1, 0.15) is 11.9 Å². The first-order chi connectivity index (χ1) is 7.66. The second-order valence-electron chi connectivity index (χ2n) is 4.40. The van der Waals surface area contributed by atoms with Gasteiger partial charge in [0.05, 0.1) is 12.2 Å². The topological polar surface area (TPSA) is 49.7 Å². The summed E-state index contributed by atoms with van der Waals surface area (Å²) in [6.07, 6.45) is 1.81. The third-order valence-electron chi connectivity index (χ3n) is 3.05. The molecule has 1 fully saturated rings. The standard InChI is InChI=1S/C13H18O3/c1-9(14)10-4-2-5-11(8-10)16-13-7-3-6-12(13)15/h2,4-5,8-9,12-15H,3,6-7H2,1H3/t9-,12?,13?/m1/s1. The first-order valence-corrected chi connectivity index (χ1v) is 5.79. The Balaban J connectivity index is 2.06. The predicted octanol–water partition coefficient (Wildman–Crippen LogP) is 2.03. The summed E-state index contributed by atoms with van der Waals surface area (Å²) in [6, 6.07) is 7.41. The molecule has 0 radical (unpaired) electrons. The van der Waals surface area contributed by atoms with E-state index >= 15 is 0 Å². The highest BCUT2D eigenvalue weighted by Gasteiger charge is 2.26. The summed E-state index contributed by atoms with van der Waals surface area (Å²) in [5, 5.41) is 19.1. The highest BCUT2D eigenvalue weighted by atomic mass is 16.5. The van der Waals surface area contributed by atoms with E-state index in [-0.39, 0.29) is 12.2 Å². The summed E-state index contributed by atoms with van der Waals surface area (Å²) in [5.41, 5.74) is 0.838. The monoisotopic (exact) mass is 222 g/mol. The van der Waals surface area contributed by atoms with Crippen molar-refractivity contribution in [2.75, 3.05) is 0 Å². The molecule has 1 aromatic carbocycles. The second-order valence-corrected chi connectivity index (χ2v) is 4.40. The Labute approximate surface area is 95.7 Å². The number of benzene rings is 1. The summed E-state index contributed by atoms with van der Waals surface area (Å²) in [7, 11) is 0. The molecule has 1 aromatic rings. The van der Waals surface area contributed by atoms with Crippen LogP contribution < -0.4 is 4.74 Å². The largest absolute Gasteiger partial charge is 0.488 e. The molecular formula is C13H18O3. The van der Waals surface area contributed by atoms with Crippen molar-refractivity contribution in [1.82, 2.24) is 0 Å². The quantitative estimate of drug-likeness (QED) is 0.822. The average molecular weight is 222 g/mol. The van der Waals surface area contributed by atoms with Crippen molar-refractivity contribution in [2.24, 2.45) is 0 Å². The lowest BCUT2D eigenvalue weighted by Gasteiger charge is -2.17. The molecule has 0 heterocycles. The minimum absolute atomic E-state index is 0.0933. The van der Waals surface area contributed by atoms with E-state index in [0.29, 0.717) is 0 Å². The molecule has 0 spiro atoms. The number of hydrogen-bond acceptors (Lipinski definition) is 3. The molecule has 0 saturated heterocycles. The van der Waals surface area contributed by atoms with Crippen LogP contribution in [0.15, 0.2) is 24.3 Å². The molecule has 88 valence electrons. The van der Waals surface area contributed by atoms with Crippen molar-refractivity contribution in [2.45, 2.75) is 44.5 Å². The van der Waals surface area contributed by atoms with Gasteiger partial charge in [-0.1, -0.05) is 12.1 Å². The van der Waals surface area contributed by atoms with Crippen molar-refractivity contribution in [1.29, 1.82) is 0 Å². The first-order valence-electron chi connectivity index (χ1n) is 5.79. The molecule has 0 amide bonds. The maximum atomic E-state index is 9.65. The average Bonchev–Trinajstić information content (AvgIpc) is 2.65. The normalized spacial score (nSPS) is 26.7. The van der Waals surface area contributed by atoms with Gasteiger partial charge in [0, 0.05) is 0 Å². The van der Waals surface area contributed by atoms with Crippen LogP contribution in [0.2, 0.25) is 0 Å². The molecule has 2 unspecified atom stereocenters. The smallest absolute Gasteiger partial charge is 0.124 e. The van der Waals surface area contributed by atoms with Crippen molar-refractivity contribution in [3.05, 3.63) is 29.8 Å². The van der Waals surface area contributed by atoms with E-state index in [1.165, 1.54) is 0 Å². The molecule has 3 atom stereocenters. The molecular weight excluding hydrogens is 204 g/mol. The Morgan fingerprint density at radius 1 is 1.38 bits per heavy atom. The summed E-state index contributed by atoms with van der Waals surface area (Å²) in [5.74, 6) is 0.726. The maximum Gasteiger partial charge on any atom is 0.124 e. The molecule has 2 N–H and O–H groups in total. The molecule has 0 aliphatic heterocycles. The van der Waals surface area contributed by atoms with Gasteiger partial charge in [0.15, 0.2) is 0 Å². The van der Waals surface area contributed by atoms with Crippen LogP contribution in [0.1, 0.15) is 37.9 Å². The Kier molecular flexibility index (Phi) is 3.46.